The van der Waals surface area contributed by atoms with E-state index in [0.717, 1.165) is 12.6 Å². The third kappa shape index (κ3) is 2.86. The topological polar surface area (TPSA) is 34.2 Å². The molecule has 2 heterocycles. The van der Waals surface area contributed by atoms with Crippen molar-refractivity contribution in [3.8, 4) is 0 Å². The molecule has 1 aliphatic heterocycles. The van der Waals surface area contributed by atoms with E-state index < -0.39 is 0 Å². The van der Waals surface area contributed by atoms with Crippen molar-refractivity contribution < 1.29 is 0 Å². The first kappa shape index (κ1) is 11.7. The maximum Gasteiger partial charge on any atom is 0.0234 e. The molecule has 3 heteroatoms. The van der Waals surface area contributed by atoms with Gasteiger partial charge in [-0.1, -0.05) is 6.42 Å². The van der Waals surface area contributed by atoms with Crippen LogP contribution in [-0.4, -0.2) is 29.1 Å². The third-order valence-electron chi connectivity index (χ3n) is 3.69. The van der Waals surface area contributed by atoms with Gasteiger partial charge >= 0.3 is 0 Å². The Balaban J connectivity index is 1.81. The van der Waals surface area contributed by atoms with E-state index in [0.29, 0.717) is 6.54 Å². The van der Waals surface area contributed by atoms with E-state index in [1.807, 2.05) is 0 Å². The number of piperidine rings is 1. The molecule has 1 aliphatic rings. The van der Waals surface area contributed by atoms with E-state index in [1.54, 1.807) is 0 Å². The van der Waals surface area contributed by atoms with Gasteiger partial charge in [-0.2, -0.15) is 0 Å². The zero-order valence-electron chi connectivity index (χ0n) is 10.2. The monoisotopic (exact) mass is 221 g/mol. The molecule has 0 aliphatic carbocycles. The number of rotatable bonds is 4. The van der Waals surface area contributed by atoms with E-state index in [1.165, 1.54) is 37.8 Å². The van der Waals surface area contributed by atoms with E-state index in [9.17, 15) is 0 Å². The molecule has 1 aromatic heterocycles. The number of aromatic nitrogens is 1. The average Bonchev–Trinajstić information content (AvgIpc) is 2.76. The van der Waals surface area contributed by atoms with Crippen LogP contribution in [0.2, 0.25) is 0 Å². The van der Waals surface area contributed by atoms with Gasteiger partial charge in [0.2, 0.25) is 0 Å². The summed E-state index contributed by atoms with van der Waals surface area (Å²) in [5.41, 5.74) is 6.84. The maximum atomic E-state index is 5.60. The van der Waals surface area contributed by atoms with Crippen LogP contribution in [0.1, 0.15) is 31.2 Å². The van der Waals surface area contributed by atoms with Gasteiger partial charge in [0.15, 0.2) is 0 Å². The molecule has 1 unspecified atom stereocenters. The summed E-state index contributed by atoms with van der Waals surface area (Å²) in [7, 11) is 2.25. The zero-order chi connectivity index (χ0) is 11.4. The largest absolute Gasteiger partial charge is 0.354 e. The van der Waals surface area contributed by atoms with Gasteiger partial charge in [0.1, 0.15) is 0 Å². The van der Waals surface area contributed by atoms with Gasteiger partial charge in [-0.05, 0) is 44.5 Å². The fraction of sp³-hybridized carbons (Fsp3) is 0.692. The second-order valence-electron chi connectivity index (χ2n) is 4.88. The summed E-state index contributed by atoms with van der Waals surface area (Å²) in [5, 5.41) is 0. The number of nitrogens with zero attached hydrogens (tertiary/aromatic N) is 2. The molecule has 1 saturated heterocycles. The van der Waals surface area contributed by atoms with Crippen molar-refractivity contribution in [2.24, 2.45) is 5.73 Å². The SMILES string of the molecule is CN1CCCCC1CCn1ccc(CN)c1. The highest BCUT2D eigenvalue weighted by Gasteiger charge is 2.18. The number of nitrogens with two attached hydrogens (primary N) is 1. The quantitative estimate of drug-likeness (QED) is 0.841. The minimum atomic E-state index is 0.649. The summed E-state index contributed by atoms with van der Waals surface area (Å²) in [4.78, 5) is 2.51. The van der Waals surface area contributed by atoms with E-state index >= 15 is 0 Å². The molecular weight excluding hydrogens is 198 g/mol. The van der Waals surface area contributed by atoms with Crippen molar-refractivity contribution in [1.29, 1.82) is 0 Å². The molecule has 0 radical (unpaired) electrons. The molecule has 0 bridgehead atoms. The smallest absolute Gasteiger partial charge is 0.0234 e. The van der Waals surface area contributed by atoms with Crippen LogP contribution in [0.25, 0.3) is 0 Å². The van der Waals surface area contributed by atoms with Crippen LogP contribution >= 0.6 is 0 Å². The molecule has 1 aromatic rings. The first-order chi connectivity index (χ1) is 7.79. The first-order valence-electron chi connectivity index (χ1n) is 6.34. The first-order valence-corrected chi connectivity index (χ1v) is 6.34. The summed E-state index contributed by atoms with van der Waals surface area (Å²) in [6.07, 6.45) is 9.70. The second-order valence-corrected chi connectivity index (χ2v) is 4.88. The zero-order valence-corrected chi connectivity index (χ0v) is 10.2. The van der Waals surface area contributed by atoms with Crippen LogP contribution in [0.15, 0.2) is 18.5 Å². The Morgan fingerprint density at radius 3 is 3.00 bits per heavy atom. The lowest BCUT2D eigenvalue weighted by molar-refractivity contribution is 0.171. The molecule has 0 spiro atoms. The summed E-state index contributed by atoms with van der Waals surface area (Å²) in [6.45, 7) is 3.04. The Labute approximate surface area is 98.2 Å². The highest BCUT2D eigenvalue weighted by Crippen LogP contribution is 2.18. The molecule has 3 nitrogen and oxygen atoms in total. The van der Waals surface area contributed by atoms with Gasteiger partial charge in [0.25, 0.3) is 0 Å². The molecule has 90 valence electrons. The molecule has 2 N–H and O–H groups in total. The van der Waals surface area contributed by atoms with Crippen molar-refractivity contribution in [1.82, 2.24) is 9.47 Å². The third-order valence-corrected chi connectivity index (χ3v) is 3.69. The van der Waals surface area contributed by atoms with Gasteiger partial charge in [-0.15, -0.1) is 0 Å². The Bertz CT molecular complexity index is 319. The highest BCUT2D eigenvalue weighted by atomic mass is 15.1. The van der Waals surface area contributed by atoms with Crippen LogP contribution < -0.4 is 5.73 Å². The predicted molar refractivity (Wildman–Crippen MR) is 67.2 cm³/mol. The van der Waals surface area contributed by atoms with E-state index in [-0.39, 0.29) is 0 Å². The van der Waals surface area contributed by atoms with Crippen LogP contribution in [0.5, 0.6) is 0 Å². The number of hydrogen-bond donors (Lipinski definition) is 1. The Morgan fingerprint density at radius 1 is 1.44 bits per heavy atom. The fourth-order valence-electron chi connectivity index (χ4n) is 2.56. The summed E-state index contributed by atoms with van der Waals surface area (Å²) in [5.74, 6) is 0. The molecule has 1 atom stereocenters. The average molecular weight is 221 g/mol. The van der Waals surface area contributed by atoms with Gasteiger partial charge in [-0.25, -0.2) is 0 Å². The van der Waals surface area contributed by atoms with Crippen LogP contribution in [0.3, 0.4) is 0 Å². The second kappa shape index (κ2) is 5.51. The lowest BCUT2D eigenvalue weighted by Crippen LogP contribution is -2.36. The molecule has 0 amide bonds. The molecule has 0 saturated carbocycles. The Hall–Kier alpha value is -0.800. The minimum Gasteiger partial charge on any atom is -0.354 e. The standard InChI is InChI=1S/C13H23N3/c1-15-7-3-2-4-13(15)6-9-16-8-5-12(10-14)11-16/h5,8,11,13H,2-4,6-7,9-10,14H2,1H3. The molecular formula is C13H23N3. The van der Waals surface area contributed by atoms with Crippen molar-refractivity contribution >= 4 is 0 Å². The normalized spacial score (nSPS) is 22.5. The van der Waals surface area contributed by atoms with E-state index in [4.69, 9.17) is 5.73 Å². The van der Waals surface area contributed by atoms with Crippen LogP contribution in [-0.2, 0) is 13.1 Å². The van der Waals surface area contributed by atoms with Gasteiger partial charge < -0.3 is 15.2 Å². The summed E-state index contributed by atoms with van der Waals surface area (Å²) in [6, 6.07) is 2.89. The number of aryl methyl sites for hydroxylation is 1. The Kier molecular flexibility index (Phi) is 4.02. The minimum absolute atomic E-state index is 0.649. The lowest BCUT2D eigenvalue weighted by Gasteiger charge is -2.32. The maximum absolute atomic E-state index is 5.60. The van der Waals surface area contributed by atoms with Crippen molar-refractivity contribution in [2.75, 3.05) is 13.6 Å². The van der Waals surface area contributed by atoms with Gasteiger partial charge in [0, 0.05) is 31.5 Å². The van der Waals surface area contributed by atoms with E-state index in [2.05, 4.69) is 35.0 Å². The van der Waals surface area contributed by atoms with Crippen LogP contribution in [0.4, 0.5) is 0 Å². The van der Waals surface area contributed by atoms with Gasteiger partial charge in [-0.3, -0.25) is 0 Å². The molecule has 2 rings (SSSR count). The molecule has 0 aromatic carbocycles. The molecule has 1 fully saturated rings. The lowest BCUT2D eigenvalue weighted by atomic mass is 10.0. The van der Waals surface area contributed by atoms with Crippen molar-refractivity contribution in [2.45, 2.75) is 44.8 Å². The fourth-order valence-corrected chi connectivity index (χ4v) is 2.56. The Morgan fingerprint density at radius 2 is 2.31 bits per heavy atom. The van der Waals surface area contributed by atoms with Gasteiger partial charge in [0.05, 0.1) is 0 Å². The van der Waals surface area contributed by atoms with Crippen molar-refractivity contribution in [3.05, 3.63) is 24.0 Å². The molecule has 16 heavy (non-hydrogen) atoms. The van der Waals surface area contributed by atoms with Crippen molar-refractivity contribution in [3.63, 3.8) is 0 Å². The summed E-state index contributed by atoms with van der Waals surface area (Å²) >= 11 is 0. The highest BCUT2D eigenvalue weighted by molar-refractivity contribution is 5.09. The number of likely N-dealkylation sites (tertiary alicyclic amines) is 1. The van der Waals surface area contributed by atoms with Crippen LogP contribution in [0, 0.1) is 0 Å². The number of hydrogen-bond acceptors (Lipinski definition) is 2. The summed E-state index contributed by atoms with van der Waals surface area (Å²) < 4.78 is 2.27. The predicted octanol–water partition coefficient (Wildman–Crippen LogP) is 1.82.